The van der Waals surface area contributed by atoms with Crippen LogP contribution < -0.4 is 5.32 Å². The van der Waals surface area contributed by atoms with Crippen LogP contribution in [-0.2, 0) is 28.2 Å². The van der Waals surface area contributed by atoms with Crippen molar-refractivity contribution in [2.45, 2.75) is 103 Å². The quantitative estimate of drug-likeness (QED) is 0.424. The van der Waals surface area contributed by atoms with Crippen LogP contribution in [0.3, 0.4) is 0 Å². The van der Waals surface area contributed by atoms with Gasteiger partial charge in [0.05, 0.1) is 12.2 Å². The molecule has 3 rings (SSSR count). The van der Waals surface area contributed by atoms with Gasteiger partial charge in [-0.3, -0.25) is 4.79 Å². The molecule has 1 amide bonds. The van der Waals surface area contributed by atoms with Crippen molar-refractivity contribution in [2.75, 3.05) is 6.61 Å². The summed E-state index contributed by atoms with van der Waals surface area (Å²) in [4.78, 5) is 11.9. The van der Waals surface area contributed by atoms with Gasteiger partial charge in [0, 0.05) is 0 Å². The van der Waals surface area contributed by atoms with Crippen molar-refractivity contribution in [2.24, 2.45) is 0 Å². The highest BCUT2D eigenvalue weighted by Crippen LogP contribution is 2.42. The summed E-state index contributed by atoms with van der Waals surface area (Å²) in [6, 6.07) is 0. The Labute approximate surface area is 169 Å². The van der Waals surface area contributed by atoms with Gasteiger partial charge in [-0.05, 0) is 45.8 Å². The molecule has 7 nitrogen and oxygen atoms in total. The highest BCUT2D eigenvalue weighted by Gasteiger charge is 2.57. The second-order valence-electron chi connectivity index (χ2n) is 10.1. The number of fused-ring (bicyclic) bond motifs is 1. The van der Waals surface area contributed by atoms with Crippen LogP contribution in [0.15, 0.2) is 11.1 Å². The first-order chi connectivity index (χ1) is 12.7. The molecular weight excluding hydrogens is 378 g/mol. The van der Waals surface area contributed by atoms with E-state index in [4.69, 9.17) is 23.4 Å². The van der Waals surface area contributed by atoms with E-state index in [1.807, 2.05) is 27.7 Å². The number of rotatable bonds is 5. The molecule has 28 heavy (non-hydrogen) atoms. The van der Waals surface area contributed by atoms with Crippen LogP contribution in [0.1, 0.15) is 48.5 Å². The van der Waals surface area contributed by atoms with Gasteiger partial charge in [0.2, 0.25) is 0 Å². The molecule has 0 aromatic heterocycles. The van der Waals surface area contributed by atoms with Gasteiger partial charge in [-0.25, -0.2) is 0 Å². The van der Waals surface area contributed by atoms with Crippen LogP contribution in [-0.4, -0.2) is 57.4 Å². The lowest BCUT2D eigenvalue weighted by atomic mass is 10.0. The van der Waals surface area contributed by atoms with E-state index in [9.17, 15) is 4.79 Å². The Morgan fingerprint density at radius 2 is 1.86 bits per heavy atom. The lowest BCUT2D eigenvalue weighted by molar-refractivity contribution is -0.225. The fourth-order valence-corrected chi connectivity index (χ4v) is 4.43. The maximum absolute atomic E-state index is 11.9. The molecule has 0 aromatic rings. The third-order valence-corrected chi connectivity index (χ3v) is 10.6. The summed E-state index contributed by atoms with van der Waals surface area (Å²) in [6.07, 6.45) is -2.03. The smallest absolute Gasteiger partial charge is 0.253 e. The minimum atomic E-state index is -1.94. The second kappa shape index (κ2) is 7.18. The Kier molecular flexibility index (Phi) is 5.62. The zero-order valence-electron chi connectivity index (χ0n) is 18.5. The van der Waals surface area contributed by atoms with E-state index in [1.165, 1.54) is 0 Å². The van der Waals surface area contributed by atoms with Crippen LogP contribution in [0.4, 0.5) is 0 Å². The summed E-state index contributed by atoms with van der Waals surface area (Å²) in [5.41, 5.74) is 1.62. The molecule has 0 saturated carbocycles. The molecule has 3 saturated heterocycles. The van der Waals surface area contributed by atoms with E-state index >= 15 is 0 Å². The highest BCUT2D eigenvalue weighted by molar-refractivity contribution is 6.74. The predicted octanol–water partition coefficient (Wildman–Crippen LogP) is 3.06. The minimum absolute atomic E-state index is 0.0848. The number of β-lactam (4-membered cyclic amide) rings is 1. The fourth-order valence-electron chi connectivity index (χ4n) is 3.41. The molecule has 8 heteroatoms. The van der Waals surface area contributed by atoms with Gasteiger partial charge >= 0.3 is 0 Å². The van der Waals surface area contributed by atoms with Crippen LogP contribution >= 0.6 is 0 Å². The van der Waals surface area contributed by atoms with E-state index in [2.05, 4.69) is 39.2 Å². The highest BCUT2D eigenvalue weighted by atomic mass is 28.4. The lowest BCUT2D eigenvalue weighted by Gasteiger charge is -2.39. The molecule has 3 aliphatic heterocycles. The molecule has 0 spiro atoms. The van der Waals surface area contributed by atoms with Crippen LogP contribution in [0.2, 0.25) is 18.1 Å². The van der Waals surface area contributed by atoms with Crippen molar-refractivity contribution in [3.05, 3.63) is 11.1 Å². The SMILES string of the molecule is CC(C)=C1C(=O)N[C@H]1O[C@@H]1[C@H]2OC(C)(C)O[C@H]2O[C@@H]1CO[Si](C)(C)C(C)(C)C. The van der Waals surface area contributed by atoms with Crippen molar-refractivity contribution in [1.29, 1.82) is 0 Å². The Balaban J connectivity index is 1.74. The van der Waals surface area contributed by atoms with Gasteiger partial charge in [-0.15, -0.1) is 0 Å². The zero-order chi connectivity index (χ0) is 21.1. The molecule has 3 aliphatic rings. The molecule has 0 aromatic carbocycles. The van der Waals surface area contributed by atoms with Crippen LogP contribution in [0.25, 0.3) is 0 Å². The maximum Gasteiger partial charge on any atom is 0.253 e. The molecular formula is C20H35NO6Si. The molecule has 3 heterocycles. The van der Waals surface area contributed by atoms with E-state index in [0.29, 0.717) is 12.2 Å². The standard InChI is InChI=1S/C20H35NO6Si/c1-11(2)13-16(22)21-17(13)25-14-12(10-23-28(8,9)19(3,4)5)24-18-15(14)26-20(6,7)27-18/h12,14-15,17-18H,10H2,1-9H3,(H,21,22)/t12-,14+,15-,17+,18-/m1/s1. The summed E-state index contributed by atoms with van der Waals surface area (Å²) in [5, 5.41) is 2.92. The first-order valence-electron chi connectivity index (χ1n) is 10.0. The van der Waals surface area contributed by atoms with Gasteiger partial charge in [-0.2, -0.15) is 0 Å². The number of nitrogens with one attached hydrogen (secondary N) is 1. The summed E-state index contributed by atoms with van der Waals surface area (Å²) >= 11 is 0. The molecule has 0 radical (unpaired) electrons. The van der Waals surface area contributed by atoms with Crippen molar-refractivity contribution in [3.8, 4) is 0 Å². The van der Waals surface area contributed by atoms with Crippen molar-refractivity contribution in [1.82, 2.24) is 5.32 Å². The number of hydrogen-bond acceptors (Lipinski definition) is 6. The van der Waals surface area contributed by atoms with Gasteiger partial charge in [0.15, 0.2) is 26.6 Å². The summed E-state index contributed by atoms with van der Waals surface area (Å²) in [5.74, 6) is -0.817. The molecule has 160 valence electrons. The molecule has 5 atom stereocenters. The Hall–Kier alpha value is -0.773. The Bertz CT molecular complexity index is 664. The number of carbonyl (C=O) groups excluding carboxylic acids is 1. The molecule has 1 N–H and O–H groups in total. The maximum atomic E-state index is 11.9. The lowest BCUT2D eigenvalue weighted by Crippen LogP contribution is -2.57. The monoisotopic (exact) mass is 413 g/mol. The fraction of sp³-hybridized carbons (Fsp3) is 0.850. The molecule has 3 fully saturated rings. The summed E-state index contributed by atoms with van der Waals surface area (Å²) in [6.45, 7) is 19.0. The van der Waals surface area contributed by atoms with Crippen LogP contribution in [0.5, 0.6) is 0 Å². The van der Waals surface area contributed by atoms with Crippen molar-refractivity contribution < 1.29 is 28.2 Å². The van der Waals surface area contributed by atoms with E-state index in [1.54, 1.807) is 0 Å². The largest absolute Gasteiger partial charge is 0.414 e. The van der Waals surface area contributed by atoms with Gasteiger partial charge in [0.25, 0.3) is 5.91 Å². The number of allylic oxidation sites excluding steroid dienone is 1. The summed E-state index contributed by atoms with van der Waals surface area (Å²) < 4.78 is 30.7. The Morgan fingerprint density at radius 1 is 1.21 bits per heavy atom. The number of ether oxygens (including phenoxy) is 4. The van der Waals surface area contributed by atoms with Gasteiger partial charge in [0.1, 0.15) is 18.3 Å². The van der Waals surface area contributed by atoms with Gasteiger partial charge < -0.3 is 28.7 Å². The second-order valence-corrected chi connectivity index (χ2v) is 14.9. The third-order valence-electron chi connectivity index (χ3n) is 6.10. The number of hydrogen-bond donors (Lipinski definition) is 1. The van der Waals surface area contributed by atoms with Crippen molar-refractivity contribution in [3.63, 3.8) is 0 Å². The van der Waals surface area contributed by atoms with Gasteiger partial charge in [-0.1, -0.05) is 26.3 Å². The Morgan fingerprint density at radius 3 is 2.39 bits per heavy atom. The number of amides is 1. The molecule has 0 aliphatic carbocycles. The normalized spacial score (nSPS) is 34.8. The van der Waals surface area contributed by atoms with Crippen molar-refractivity contribution >= 4 is 14.2 Å². The van der Waals surface area contributed by atoms with E-state index in [-0.39, 0.29) is 23.2 Å². The first-order valence-corrected chi connectivity index (χ1v) is 12.9. The molecule has 0 bridgehead atoms. The zero-order valence-corrected chi connectivity index (χ0v) is 19.5. The topological polar surface area (TPSA) is 75.3 Å². The number of carbonyl (C=O) groups is 1. The average Bonchev–Trinajstić information content (AvgIpc) is 2.95. The summed E-state index contributed by atoms with van der Waals surface area (Å²) in [7, 11) is -1.94. The third kappa shape index (κ3) is 4.08. The van der Waals surface area contributed by atoms with E-state index in [0.717, 1.165) is 5.57 Å². The minimum Gasteiger partial charge on any atom is -0.414 e. The molecule has 0 unspecified atom stereocenters. The van der Waals surface area contributed by atoms with Crippen LogP contribution in [0, 0.1) is 0 Å². The predicted molar refractivity (Wildman–Crippen MR) is 107 cm³/mol. The van der Waals surface area contributed by atoms with E-state index < -0.39 is 32.7 Å². The first kappa shape index (κ1) is 21.9. The average molecular weight is 414 g/mol.